The smallest absolute Gasteiger partial charge is 0.264 e. The van der Waals surface area contributed by atoms with Crippen molar-refractivity contribution >= 4 is 0 Å². The summed E-state index contributed by atoms with van der Waals surface area (Å²) < 4.78 is 5.69. The quantitative estimate of drug-likeness (QED) is 0.283. The highest BCUT2D eigenvalue weighted by molar-refractivity contribution is 5.27. The van der Waals surface area contributed by atoms with E-state index in [0.29, 0.717) is 6.61 Å². The van der Waals surface area contributed by atoms with E-state index in [0.717, 1.165) is 17.9 Å². The molecule has 0 unspecified atom stereocenters. The molecule has 1 heterocycles. The Bertz CT molecular complexity index is 687. The first kappa shape index (κ1) is 23.3. The summed E-state index contributed by atoms with van der Waals surface area (Å²) in [6.45, 7) is 2.65. The van der Waals surface area contributed by atoms with E-state index >= 15 is 0 Å². The van der Waals surface area contributed by atoms with Gasteiger partial charge in [-0.3, -0.25) is 15.0 Å². The Morgan fingerprint density at radius 3 is 1.79 bits per heavy atom. The highest BCUT2D eigenvalue weighted by atomic mass is 16.5. The molecule has 0 fully saturated rings. The number of nitrogens with one attached hydrogen (secondary N) is 2. The molecule has 29 heavy (non-hydrogen) atoms. The summed E-state index contributed by atoms with van der Waals surface area (Å²) in [5.41, 5.74) is 2.00. The van der Waals surface area contributed by atoms with Crippen LogP contribution in [-0.2, 0) is 13.0 Å². The van der Waals surface area contributed by atoms with E-state index in [-0.39, 0.29) is 5.56 Å². The van der Waals surface area contributed by atoms with E-state index in [2.05, 4.69) is 29.3 Å². The molecule has 0 amide bonds. The fraction of sp³-hybridized carbons (Fsp3) is 0.640. The lowest BCUT2D eigenvalue weighted by Crippen LogP contribution is -1.96. The van der Waals surface area contributed by atoms with Gasteiger partial charge >= 0.3 is 0 Å². The van der Waals surface area contributed by atoms with Crippen LogP contribution in [0.5, 0.6) is 5.75 Å². The SMILES string of the molecule is CCCCCCCCCCCCCCCc1ccc(OCc2cc(=O)[nH][nH]2)cc1. The van der Waals surface area contributed by atoms with Crippen molar-refractivity contribution in [2.45, 2.75) is 103 Å². The lowest BCUT2D eigenvalue weighted by molar-refractivity contribution is 0.301. The van der Waals surface area contributed by atoms with Gasteiger partial charge in [0.25, 0.3) is 5.56 Å². The third-order valence-corrected chi connectivity index (χ3v) is 5.54. The van der Waals surface area contributed by atoms with Crippen molar-refractivity contribution in [2.75, 3.05) is 0 Å². The van der Waals surface area contributed by atoms with Crippen LogP contribution >= 0.6 is 0 Å². The van der Waals surface area contributed by atoms with Gasteiger partial charge in [-0.05, 0) is 30.5 Å². The van der Waals surface area contributed by atoms with Gasteiger partial charge in [-0.15, -0.1) is 0 Å². The van der Waals surface area contributed by atoms with E-state index in [1.54, 1.807) is 0 Å². The molecule has 1 aromatic carbocycles. The fourth-order valence-corrected chi connectivity index (χ4v) is 3.71. The van der Waals surface area contributed by atoms with Crippen LogP contribution in [0.4, 0.5) is 0 Å². The molecule has 0 radical (unpaired) electrons. The molecule has 0 aliphatic heterocycles. The third kappa shape index (κ3) is 11.0. The molecule has 0 spiro atoms. The molecular weight excluding hydrogens is 360 g/mol. The first-order valence-corrected chi connectivity index (χ1v) is 11.8. The zero-order chi connectivity index (χ0) is 20.6. The molecular formula is C25H40N2O2. The van der Waals surface area contributed by atoms with Crippen LogP contribution in [0.1, 0.15) is 102 Å². The van der Waals surface area contributed by atoms with E-state index in [1.807, 2.05) is 12.1 Å². The van der Waals surface area contributed by atoms with Crippen LogP contribution in [-0.4, -0.2) is 10.2 Å². The molecule has 0 saturated carbocycles. The van der Waals surface area contributed by atoms with Gasteiger partial charge in [-0.1, -0.05) is 96.1 Å². The number of hydrogen-bond acceptors (Lipinski definition) is 2. The van der Waals surface area contributed by atoms with Crippen molar-refractivity contribution < 1.29 is 4.74 Å². The molecule has 4 heteroatoms. The van der Waals surface area contributed by atoms with E-state index in [4.69, 9.17) is 4.74 Å². The summed E-state index contributed by atoms with van der Waals surface area (Å²) in [5, 5.41) is 5.30. The van der Waals surface area contributed by atoms with Gasteiger partial charge in [0.1, 0.15) is 12.4 Å². The number of aromatic nitrogens is 2. The monoisotopic (exact) mass is 400 g/mol. The second-order valence-corrected chi connectivity index (χ2v) is 8.21. The normalized spacial score (nSPS) is 11.1. The Labute approximate surface area is 176 Å². The number of ether oxygens (including phenoxy) is 1. The van der Waals surface area contributed by atoms with Crippen molar-refractivity contribution in [3.8, 4) is 5.75 Å². The minimum Gasteiger partial charge on any atom is -0.487 e. The Morgan fingerprint density at radius 1 is 0.724 bits per heavy atom. The van der Waals surface area contributed by atoms with Crippen molar-refractivity contribution in [3.63, 3.8) is 0 Å². The molecule has 2 aromatic rings. The number of benzene rings is 1. The minimum absolute atomic E-state index is 0.128. The van der Waals surface area contributed by atoms with Crippen molar-refractivity contribution in [1.29, 1.82) is 0 Å². The van der Waals surface area contributed by atoms with Crippen molar-refractivity contribution in [1.82, 2.24) is 10.2 Å². The molecule has 1 aromatic heterocycles. The van der Waals surface area contributed by atoms with Gasteiger partial charge in [0.2, 0.25) is 0 Å². The lowest BCUT2D eigenvalue weighted by Gasteiger charge is -2.06. The largest absolute Gasteiger partial charge is 0.487 e. The first-order valence-electron chi connectivity index (χ1n) is 11.8. The third-order valence-electron chi connectivity index (χ3n) is 5.54. The van der Waals surface area contributed by atoms with Crippen LogP contribution in [0, 0.1) is 0 Å². The first-order chi connectivity index (χ1) is 14.3. The lowest BCUT2D eigenvalue weighted by atomic mass is 10.0. The summed E-state index contributed by atoms with van der Waals surface area (Å²) in [6, 6.07) is 9.85. The Hall–Kier alpha value is -1.97. The molecule has 0 atom stereocenters. The zero-order valence-electron chi connectivity index (χ0n) is 18.3. The predicted molar refractivity (Wildman–Crippen MR) is 122 cm³/mol. The fourth-order valence-electron chi connectivity index (χ4n) is 3.71. The van der Waals surface area contributed by atoms with Crippen LogP contribution in [0.2, 0.25) is 0 Å². The number of aromatic amines is 2. The Kier molecular flexibility index (Phi) is 12.0. The van der Waals surface area contributed by atoms with Crippen LogP contribution in [0.15, 0.2) is 35.1 Å². The predicted octanol–water partition coefficient (Wildman–Crippen LogP) is 6.92. The van der Waals surface area contributed by atoms with Crippen LogP contribution in [0.25, 0.3) is 0 Å². The van der Waals surface area contributed by atoms with Crippen molar-refractivity contribution in [3.05, 3.63) is 51.9 Å². The molecule has 0 bridgehead atoms. The number of rotatable bonds is 17. The second-order valence-electron chi connectivity index (χ2n) is 8.21. The maximum Gasteiger partial charge on any atom is 0.264 e. The molecule has 4 nitrogen and oxygen atoms in total. The van der Waals surface area contributed by atoms with Crippen LogP contribution in [0.3, 0.4) is 0 Å². The molecule has 162 valence electrons. The van der Waals surface area contributed by atoms with Crippen molar-refractivity contribution in [2.24, 2.45) is 0 Å². The van der Waals surface area contributed by atoms with E-state index in [9.17, 15) is 4.79 Å². The molecule has 0 aliphatic carbocycles. The maximum absolute atomic E-state index is 11.1. The summed E-state index contributed by atoms with van der Waals surface area (Å²) >= 11 is 0. The average Bonchev–Trinajstić information content (AvgIpc) is 3.16. The average molecular weight is 401 g/mol. The van der Waals surface area contributed by atoms with Gasteiger partial charge in [-0.2, -0.15) is 0 Å². The second kappa shape index (κ2) is 14.9. The van der Waals surface area contributed by atoms with Crippen LogP contribution < -0.4 is 10.3 Å². The van der Waals surface area contributed by atoms with Gasteiger partial charge < -0.3 is 4.74 Å². The topological polar surface area (TPSA) is 57.9 Å². The standard InChI is InChI=1S/C25H40N2O2/c1-2-3-4-5-6-7-8-9-10-11-12-13-14-15-22-16-18-24(19-17-22)29-21-23-20-25(28)27-26-23/h16-20H,2-15,21H2,1H3,(H2,26,27,28). The van der Waals surface area contributed by atoms with E-state index < -0.39 is 0 Å². The molecule has 2 rings (SSSR count). The van der Waals surface area contributed by atoms with Gasteiger partial charge in [-0.25, -0.2) is 0 Å². The summed E-state index contributed by atoms with van der Waals surface area (Å²) in [7, 11) is 0. The molecule has 2 N–H and O–H groups in total. The Balaban J connectivity index is 1.43. The van der Waals surface area contributed by atoms with E-state index in [1.165, 1.54) is 95.1 Å². The Morgan fingerprint density at radius 2 is 1.28 bits per heavy atom. The van der Waals surface area contributed by atoms with Gasteiger partial charge in [0.15, 0.2) is 0 Å². The molecule has 0 saturated heterocycles. The molecule has 0 aliphatic rings. The maximum atomic E-state index is 11.1. The van der Waals surface area contributed by atoms with Gasteiger partial charge in [0, 0.05) is 6.07 Å². The highest BCUT2D eigenvalue weighted by Gasteiger charge is 2.00. The number of hydrogen-bond donors (Lipinski definition) is 2. The number of aryl methyl sites for hydroxylation is 1. The zero-order valence-corrected chi connectivity index (χ0v) is 18.3. The number of H-pyrrole nitrogens is 2. The summed E-state index contributed by atoms with van der Waals surface area (Å²) in [6.07, 6.45) is 19.3. The summed E-state index contributed by atoms with van der Waals surface area (Å²) in [4.78, 5) is 11.1. The number of unbranched alkanes of at least 4 members (excludes halogenated alkanes) is 12. The summed E-state index contributed by atoms with van der Waals surface area (Å²) in [5.74, 6) is 0.834. The minimum atomic E-state index is -0.128. The van der Waals surface area contributed by atoms with Gasteiger partial charge in [0.05, 0.1) is 5.69 Å². The highest BCUT2D eigenvalue weighted by Crippen LogP contribution is 2.16.